The topological polar surface area (TPSA) is 17.8 Å². The highest BCUT2D eigenvalue weighted by molar-refractivity contribution is 14.1. The van der Waals surface area contributed by atoms with Crippen LogP contribution in [0.2, 0.25) is 0 Å². The second-order valence-corrected chi connectivity index (χ2v) is 4.89. The fourth-order valence-corrected chi connectivity index (χ4v) is 2.42. The van der Waals surface area contributed by atoms with Gasteiger partial charge in [0.1, 0.15) is 0 Å². The van der Waals surface area contributed by atoms with Gasteiger partial charge < -0.3 is 0 Å². The van der Waals surface area contributed by atoms with Gasteiger partial charge in [-0.15, -0.1) is 0 Å². The molecular formula is C12H10F3IN2. The van der Waals surface area contributed by atoms with E-state index in [1.165, 1.54) is 12.1 Å². The molecule has 0 amide bonds. The molecule has 2 aromatic rings. The van der Waals surface area contributed by atoms with E-state index in [1.807, 2.05) is 36.7 Å². The molecule has 0 N–H and O–H groups in total. The van der Waals surface area contributed by atoms with E-state index in [2.05, 4.69) is 5.10 Å². The fourth-order valence-electron chi connectivity index (χ4n) is 1.85. The molecule has 18 heavy (non-hydrogen) atoms. The lowest BCUT2D eigenvalue weighted by Gasteiger charge is -2.07. The van der Waals surface area contributed by atoms with Crippen molar-refractivity contribution in [3.05, 3.63) is 41.2 Å². The van der Waals surface area contributed by atoms with Crippen molar-refractivity contribution >= 4 is 22.9 Å². The van der Waals surface area contributed by atoms with Crippen LogP contribution in [-0.2, 0) is 6.18 Å². The van der Waals surface area contributed by atoms with Crippen molar-refractivity contribution in [1.82, 2.24) is 7.99 Å². The average Bonchev–Trinajstić information content (AvgIpc) is 2.52. The number of hydrogen-bond donors (Lipinski definition) is 0. The quantitative estimate of drug-likeness (QED) is 0.685. The van der Waals surface area contributed by atoms with Gasteiger partial charge >= 0.3 is 6.18 Å². The third-order valence-electron chi connectivity index (χ3n) is 2.74. The van der Waals surface area contributed by atoms with Gasteiger partial charge in [-0.2, -0.15) is 18.3 Å². The Balaban J connectivity index is 2.47. The first-order valence-corrected chi connectivity index (χ1v) is 6.17. The summed E-state index contributed by atoms with van der Waals surface area (Å²) in [5.74, 6) is 0. The summed E-state index contributed by atoms with van der Waals surface area (Å²) in [5.41, 5.74) is 2.73. The van der Waals surface area contributed by atoms with Crippen molar-refractivity contribution in [2.24, 2.45) is 0 Å². The van der Waals surface area contributed by atoms with Gasteiger partial charge in [0.25, 0.3) is 0 Å². The molecule has 0 fully saturated rings. The molecule has 0 saturated carbocycles. The molecule has 0 aliphatic carbocycles. The van der Waals surface area contributed by atoms with Crippen LogP contribution in [0.1, 0.15) is 17.0 Å². The van der Waals surface area contributed by atoms with Crippen molar-refractivity contribution in [3.63, 3.8) is 0 Å². The Hall–Kier alpha value is -1.05. The normalized spacial score (nSPS) is 11.9. The van der Waals surface area contributed by atoms with E-state index in [9.17, 15) is 13.2 Å². The molecule has 1 heterocycles. The molecule has 1 aromatic heterocycles. The van der Waals surface area contributed by atoms with Gasteiger partial charge in [-0.3, -0.25) is 0 Å². The maximum absolute atomic E-state index is 12.5. The van der Waals surface area contributed by atoms with Gasteiger partial charge in [-0.25, -0.2) is 2.90 Å². The average molecular weight is 366 g/mol. The zero-order valence-corrected chi connectivity index (χ0v) is 11.9. The number of aryl methyl sites for hydroxylation is 1. The van der Waals surface area contributed by atoms with Crippen molar-refractivity contribution in [1.29, 1.82) is 0 Å². The zero-order valence-electron chi connectivity index (χ0n) is 9.72. The van der Waals surface area contributed by atoms with Crippen molar-refractivity contribution in [3.8, 4) is 11.1 Å². The lowest BCUT2D eigenvalue weighted by Crippen LogP contribution is -2.04. The highest BCUT2D eigenvalue weighted by Crippen LogP contribution is 2.33. The molecule has 0 saturated heterocycles. The van der Waals surface area contributed by atoms with Crippen LogP contribution >= 0.6 is 22.9 Å². The first-order valence-electron chi connectivity index (χ1n) is 5.20. The lowest BCUT2D eigenvalue weighted by molar-refractivity contribution is -0.137. The zero-order chi connectivity index (χ0) is 13.5. The van der Waals surface area contributed by atoms with Crippen LogP contribution in [0.15, 0.2) is 24.3 Å². The summed E-state index contributed by atoms with van der Waals surface area (Å²) in [6.45, 7) is 3.73. The van der Waals surface area contributed by atoms with Crippen LogP contribution in [0, 0.1) is 13.8 Å². The van der Waals surface area contributed by atoms with Gasteiger partial charge in [0.2, 0.25) is 0 Å². The Kier molecular flexibility index (Phi) is 3.39. The van der Waals surface area contributed by atoms with E-state index in [1.54, 1.807) is 2.90 Å². The molecule has 0 radical (unpaired) electrons. The first kappa shape index (κ1) is 13.4. The van der Waals surface area contributed by atoms with Gasteiger partial charge in [0, 0.05) is 5.56 Å². The number of aromatic nitrogens is 2. The molecule has 2 rings (SSSR count). The Morgan fingerprint density at radius 2 is 1.67 bits per heavy atom. The molecule has 6 heteroatoms. The predicted molar refractivity (Wildman–Crippen MR) is 71.6 cm³/mol. The summed E-state index contributed by atoms with van der Waals surface area (Å²) in [6.07, 6.45) is -4.30. The number of nitrogens with zero attached hydrogens (tertiary/aromatic N) is 2. The minimum atomic E-state index is -4.30. The van der Waals surface area contributed by atoms with Crippen LogP contribution in [0.25, 0.3) is 11.1 Å². The van der Waals surface area contributed by atoms with Crippen LogP contribution in [-0.4, -0.2) is 7.99 Å². The molecule has 0 aliphatic rings. The second kappa shape index (κ2) is 4.56. The summed E-state index contributed by atoms with van der Waals surface area (Å²) in [7, 11) is 0. The Morgan fingerprint density at radius 3 is 2.06 bits per heavy atom. The van der Waals surface area contributed by atoms with Gasteiger partial charge in [0.05, 0.1) is 39.8 Å². The summed E-state index contributed by atoms with van der Waals surface area (Å²) in [5, 5.41) is 4.24. The molecule has 96 valence electrons. The molecular weight excluding hydrogens is 356 g/mol. The third-order valence-corrected chi connectivity index (χ3v) is 3.68. The highest BCUT2D eigenvalue weighted by atomic mass is 127. The van der Waals surface area contributed by atoms with Crippen molar-refractivity contribution in [2.45, 2.75) is 20.0 Å². The molecule has 2 nitrogen and oxygen atoms in total. The van der Waals surface area contributed by atoms with Crippen molar-refractivity contribution < 1.29 is 13.2 Å². The van der Waals surface area contributed by atoms with Crippen LogP contribution < -0.4 is 0 Å². The van der Waals surface area contributed by atoms with Crippen LogP contribution in [0.3, 0.4) is 0 Å². The Morgan fingerprint density at radius 1 is 1.11 bits per heavy atom. The van der Waals surface area contributed by atoms with Crippen molar-refractivity contribution in [2.75, 3.05) is 0 Å². The Bertz CT molecular complexity index is 570. The summed E-state index contributed by atoms with van der Waals surface area (Å²) < 4.78 is 39.1. The lowest BCUT2D eigenvalue weighted by atomic mass is 10.0. The van der Waals surface area contributed by atoms with Gasteiger partial charge in [0.15, 0.2) is 0 Å². The van der Waals surface area contributed by atoms with E-state index in [-0.39, 0.29) is 0 Å². The van der Waals surface area contributed by atoms with E-state index in [0.29, 0.717) is 0 Å². The number of rotatable bonds is 1. The number of alkyl halides is 3. The summed E-state index contributed by atoms with van der Waals surface area (Å²) in [6, 6.07) is 5.16. The fraction of sp³-hybridized carbons (Fsp3) is 0.250. The van der Waals surface area contributed by atoms with E-state index >= 15 is 0 Å². The standard InChI is InChI=1S/C12H10F3IN2/c1-7-11(8(2)18(16)17-7)9-3-5-10(6-4-9)12(13,14)15/h3-6H,1-2H3. The molecule has 0 aliphatic heterocycles. The monoisotopic (exact) mass is 366 g/mol. The summed E-state index contributed by atoms with van der Waals surface area (Å²) >= 11 is 2.04. The van der Waals surface area contributed by atoms with Gasteiger partial charge in [-0.05, 0) is 31.5 Å². The van der Waals surface area contributed by atoms with E-state index < -0.39 is 11.7 Å². The third kappa shape index (κ3) is 2.38. The minimum Gasteiger partial charge on any atom is -0.208 e. The maximum Gasteiger partial charge on any atom is 0.416 e. The smallest absolute Gasteiger partial charge is 0.208 e. The van der Waals surface area contributed by atoms with E-state index in [0.717, 1.165) is 34.6 Å². The first-order chi connectivity index (χ1) is 8.30. The summed E-state index contributed by atoms with van der Waals surface area (Å²) in [4.78, 5) is 0. The molecule has 0 bridgehead atoms. The number of halogens is 4. The second-order valence-electron chi connectivity index (χ2n) is 3.98. The molecule has 0 atom stereocenters. The largest absolute Gasteiger partial charge is 0.416 e. The highest BCUT2D eigenvalue weighted by Gasteiger charge is 2.30. The Labute approximate surface area is 116 Å². The van der Waals surface area contributed by atoms with Crippen LogP contribution in [0.4, 0.5) is 13.2 Å². The predicted octanol–water partition coefficient (Wildman–Crippen LogP) is 4.38. The number of benzene rings is 1. The number of hydrogen-bond acceptors (Lipinski definition) is 1. The molecule has 1 aromatic carbocycles. The SMILES string of the molecule is Cc1nn(I)c(C)c1-c1ccc(C(F)(F)F)cc1. The molecule has 0 spiro atoms. The maximum atomic E-state index is 12.5. The van der Waals surface area contributed by atoms with E-state index in [4.69, 9.17) is 0 Å². The van der Waals surface area contributed by atoms with Crippen LogP contribution in [0.5, 0.6) is 0 Å². The minimum absolute atomic E-state index is 0.636. The van der Waals surface area contributed by atoms with Gasteiger partial charge in [-0.1, -0.05) is 12.1 Å². The molecule has 0 unspecified atom stereocenters.